The van der Waals surface area contributed by atoms with Gasteiger partial charge in [0.15, 0.2) is 17.0 Å². The summed E-state index contributed by atoms with van der Waals surface area (Å²) in [7, 11) is 1.88. The fourth-order valence-corrected chi connectivity index (χ4v) is 5.26. The molecule has 4 aromatic rings. The van der Waals surface area contributed by atoms with Crippen molar-refractivity contribution in [3.63, 3.8) is 0 Å². The van der Waals surface area contributed by atoms with Crippen molar-refractivity contribution in [1.82, 2.24) is 39.2 Å². The molecule has 37 heavy (non-hydrogen) atoms. The van der Waals surface area contributed by atoms with Crippen LogP contribution in [0.2, 0.25) is 0 Å². The monoisotopic (exact) mass is 518 g/mol. The number of anilines is 2. The molecule has 0 unspecified atom stereocenters. The number of carbonyl (C=O) groups excluding carboxylic acids is 1. The molecule has 12 nitrogen and oxygen atoms in total. The number of imidazole rings is 1. The minimum atomic E-state index is -0.0628. The molecule has 0 saturated carbocycles. The van der Waals surface area contributed by atoms with Crippen LogP contribution in [0.1, 0.15) is 9.88 Å². The van der Waals surface area contributed by atoms with Gasteiger partial charge in [-0.15, -0.1) is 11.3 Å². The molecule has 1 saturated heterocycles. The number of aromatic nitrogens is 7. The molecule has 0 spiro atoms. The van der Waals surface area contributed by atoms with E-state index in [-0.39, 0.29) is 5.91 Å². The summed E-state index contributed by atoms with van der Waals surface area (Å²) in [5.74, 6) is 1.22. The molecule has 0 radical (unpaired) electrons. The maximum atomic E-state index is 11.9. The predicted octanol–water partition coefficient (Wildman–Crippen LogP) is 1.87. The third kappa shape index (κ3) is 4.58. The molecule has 0 atom stereocenters. The van der Waals surface area contributed by atoms with Crippen LogP contribution in [0, 0.1) is 0 Å². The van der Waals surface area contributed by atoms with E-state index in [0.717, 1.165) is 34.2 Å². The summed E-state index contributed by atoms with van der Waals surface area (Å²) < 4.78 is 9.18. The van der Waals surface area contributed by atoms with E-state index in [2.05, 4.69) is 37.9 Å². The average Bonchev–Trinajstić information content (AvgIpc) is 3.73. The maximum Gasteiger partial charge on any atom is 0.246 e. The normalized spacial score (nSPS) is 15.9. The molecule has 1 fully saturated rings. The zero-order valence-corrected chi connectivity index (χ0v) is 21.2. The number of nitrogens with one attached hydrogen (secondary N) is 1. The zero-order chi connectivity index (χ0) is 25.4. The first kappa shape index (κ1) is 23.3. The van der Waals surface area contributed by atoms with Gasteiger partial charge in [-0.3, -0.25) is 14.0 Å². The predicted molar refractivity (Wildman–Crippen MR) is 141 cm³/mol. The Labute approximate surface area is 216 Å². The molecule has 2 aliphatic heterocycles. The Morgan fingerprint density at radius 1 is 1.24 bits per heavy atom. The number of rotatable bonds is 7. The summed E-state index contributed by atoms with van der Waals surface area (Å²) in [5.41, 5.74) is 3.36. The van der Waals surface area contributed by atoms with Gasteiger partial charge in [0, 0.05) is 45.6 Å². The van der Waals surface area contributed by atoms with Gasteiger partial charge in [0.05, 0.1) is 36.5 Å². The number of hydrogen-bond acceptors (Lipinski definition) is 10. The number of fused-ring (bicyclic) bond motifs is 1. The Kier molecular flexibility index (Phi) is 6.14. The molecule has 0 aromatic carbocycles. The quantitative estimate of drug-likeness (QED) is 0.366. The first-order valence-electron chi connectivity index (χ1n) is 11.9. The Balaban J connectivity index is 1.26. The van der Waals surface area contributed by atoms with Crippen molar-refractivity contribution in [3.05, 3.63) is 53.5 Å². The Morgan fingerprint density at radius 2 is 2.11 bits per heavy atom. The molecular weight excluding hydrogens is 492 g/mol. The van der Waals surface area contributed by atoms with Gasteiger partial charge in [0.1, 0.15) is 11.3 Å². The van der Waals surface area contributed by atoms with Gasteiger partial charge < -0.3 is 19.9 Å². The Morgan fingerprint density at radius 3 is 2.89 bits per heavy atom. The van der Waals surface area contributed by atoms with Crippen LogP contribution >= 0.6 is 11.3 Å². The fraction of sp³-hybridized carbons (Fsp3) is 0.333. The number of aryl methyl sites for hydroxylation is 1. The number of hydrogen-bond donors (Lipinski definition) is 1. The molecule has 1 amide bonds. The van der Waals surface area contributed by atoms with Crippen LogP contribution in [0.25, 0.3) is 22.4 Å². The van der Waals surface area contributed by atoms with Gasteiger partial charge in [-0.25, -0.2) is 9.97 Å². The highest BCUT2D eigenvalue weighted by Crippen LogP contribution is 2.29. The Hall–Kier alpha value is -4.10. The third-order valence-electron chi connectivity index (χ3n) is 6.33. The summed E-state index contributed by atoms with van der Waals surface area (Å²) in [6.07, 6.45) is 10.7. The lowest BCUT2D eigenvalue weighted by molar-refractivity contribution is -0.124. The lowest BCUT2D eigenvalue weighted by Gasteiger charge is -2.27. The number of nitrogens with zero attached hydrogens (tertiary/aromatic N) is 9. The molecule has 6 rings (SSSR count). The van der Waals surface area contributed by atoms with Crippen LogP contribution in [-0.2, 0) is 23.1 Å². The summed E-state index contributed by atoms with van der Waals surface area (Å²) in [4.78, 5) is 35.8. The lowest BCUT2D eigenvalue weighted by atomic mass is 10.2. The Bertz CT molecular complexity index is 1500. The molecule has 13 heteroatoms. The van der Waals surface area contributed by atoms with E-state index in [1.807, 2.05) is 24.0 Å². The highest BCUT2D eigenvalue weighted by Gasteiger charge is 2.22. The van der Waals surface area contributed by atoms with Crippen LogP contribution < -0.4 is 10.2 Å². The van der Waals surface area contributed by atoms with Crippen LogP contribution in [0.5, 0.6) is 0 Å². The van der Waals surface area contributed by atoms with Crippen molar-refractivity contribution in [2.75, 3.05) is 49.6 Å². The van der Waals surface area contributed by atoms with Gasteiger partial charge in [0.2, 0.25) is 11.9 Å². The van der Waals surface area contributed by atoms with Gasteiger partial charge in [-0.05, 0) is 11.6 Å². The maximum absolute atomic E-state index is 11.9. The summed E-state index contributed by atoms with van der Waals surface area (Å²) >= 11 is 1.60. The summed E-state index contributed by atoms with van der Waals surface area (Å²) in [6.45, 7) is 7.95. The van der Waals surface area contributed by atoms with Crippen molar-refractivity contribution < 1.29 is 9.53 Å². The average molecular weight is 519 g/mol. The van der Waals surface area contributed by atoms with Gasteiger partial charge in [-0.1, -0.05) is 12.7 Å². The number of amides is 1. The molecule has 0 aliphatic carbocycles. The standard InChI is InChI=1S/C24H26N10O2S/c1-3-20(35)33-5-4-16(13-33)18-11-25-19(37-18)12-26-22-21-23(30-24(29-22)32-6-8-36-9-7-32)34(15-27-21)17-10-28-31(2)14-17/h3-4,10-11,14-15H,1,5-9,12-13H2,2H3,(H,26,29,30). The first-order chi connectivity index (χ1) is 18.1. The first-order valence-corrected chi connectivity index (χ1v) is 12.8. The van der Waals surface area contributed by atoms with Crippen molar-refractivity contribution >= 4 is 45.7 Å². The second-order valence-corrected chi connectivity index (χ2v) is 9.87. The van der Waals surface area contributed by atoms with Crippen LogP contribution in [0.15, 0.2) is 43.6 Å². The number of carbonyl (C=O) groups is 1. The number of morpholine rings is 1. The number of thiazole rings is 1. The SMILES string of the molecule is C=CC(=O)N1CC=C(c2cnc(CNc3nc(N4CCOCC4)nc4c3ncn4-c3cnn(C)c3)s2)C1. The topological polar surface area (TPSA) is 119 Å². The molecule has 4 aromatic heterocycles. The van der Waals surface area contributed by atoms with Crippen molar-refractivity contribution in [1.29, 1.82) is 0 Å². The minimum absolute atomic E-state index is 0.0628. The molecule has 1 N–H and O–H groups in total. The van der Waals surface area contributed by atoms with Gasteiger partial charge >= 0.3 is 0 Å². The third-order valence-corrected chi connectivity index (χ3v) is 7.40. The smallest absolute Gasteiger partial charge is 0.246 e. The van der Waals surface area contributed by atoms with Crippen LogP contribution in [0.4, 0.5) is 11.8 Å². The van der Waals surface area contributed by atoms with Crippen molar-refractivity contribution in [3.8, 4) is 5.69 Å². The molecule has 0 bridgehead atoms. The zero-order valence-electron chi connectivity index (χ0n) is 20.4. The summed E-state index contributed by atoms with van der Waals surface area (Å²) in [5, 5.41) is 8.64. The van der Waals surface area contributed by atoms with Crippen LogP contribution in [-0.4, -0.2) is 84.5 Å². The van der Waals surface area contributed by atoms with E-state index in [1.54, 1.807) is 33.4 Å². The second-order valence-electron chi connectivity index (χ2n) is 8.75. The summed E-state index contributed by atoms with van der Waals surface area (Å²) in [6, 6.07) is 0. The van der Waals surface area contributed by atoms with E-state index in [4.69, 9.17) is 14.7 Å². The van der Waals surface area contributed by atoms with E-state index in [1.165, 1.54) is 6.08 Å². The highest BCUT2D eigenvalue weighted by molar-refractivity contribution is 7.12. The van der Waals surface area contributed by atoms with Crippen molar-refractivity contribution in [2.24, 2.45) is 7.05 Å². The molecular formula is C24H26N10O2S. The van der Waals surface area contributed by atoms with E-state index >= 15 is 0 Å². The largest absolute Gasteiger partial charge is 0.378 e. The molecule has 2 aliphatic rings. The van der Waals surface area contributed by atoms with Gasteiger partial charge in [-0.2, -0.15) is 15.1 Å². The number of ether oxygens (including phenoxy) is 1. The van der Waals surface area contributed by atoms with E-state index < -0.39 is 0 Å². The molecule has 6 heterocycles. The lowest BCUT2D eigenvalue weighted by Crippen LogP contribution is -2.37. The molecule has 190 valence electrons. The second kappa shape index (κ2) is 9.75. The highest BCUT2D eigenvalue weighted by atomic mass is 32.1. The van der Waals surface area contributed by atoms with Gasteiger partial charge in [0.25, 0.3) is 0 Å². The van der Waals surface area contributed by atoms with Crippen LogP contribution in [0.3, 0.4) is 0 Å². The minimum Gasteiger partial charge on any atom is -0.378 e. The van der Waals surface area contributed by atoms with E-state index in [0.29, 0.717) is 55.8 Å². The van der Waals surface area contributed by atoms with Crippen molar-refractivity contribution in [2.45, 2.75) is 6.54 Å². The fourth-order valence-electron chi connectivity index (χ4n) is 4.37. The van der Waals surface area contributed by atoms with E-state index in [9.17, 15) is 4.79 Å².